The summed E-state index contributed by atoms with van der Waals surface area (Å²) in [6.07, 6.45) is 0.794. The number of nitrogens with one attached hydrogen (secondary N) is 2. The number of sulfonamides is 1. The van der Waals surface area contributed by atoms with Crippen molar-refractivity contribution < 1.29 is 13.2 Å². The first-order valence-corrected chi connectivity index (χ1v) is 7.32. The third kappa shape index (κ3) is 2.82. The zero-order valence-electron chi connectivity index (χ0n) is 10.6. The largest absolute Gasteiger partial charge is 0.497 e. The highest BCUT2D eigenvalue weighted by molar-refractivity contribution is 7.89. The topological polar surface area (TPSA) is 67.4 Å². The molecule has 0 aliphatic carbocycles. The average Bonchev–Trinajstić information content (AvgIpc) is 2.75. The monoisotopic (exact) mass is 270 g/mol. The lowest BCUT2D eigenvalue weighted by atomic mass is 10.0. The van der Waals surface area contributed by atoms with Crippen molar-refractivity contribution in [3.63, 3.8) is 0 Å². The van der Waals surface area contributed by atoms with Crippen LogP contribution in [0.1, 0.15) is 13.3 Å². The normalized spacial score (nSPS) is 24.1. The van der Waals surface area contributed by atoms with Gasteiger partial charge in [0.05, 0.1) is 12.0 Å². The van der Waals surface area contributed by atoms with Crippen LogP contribution in [0.3, 0.4) is 0 Å². The first kappa shape index (κ1) is 13.3. The van der Waals surface area contributed by atoms with E-state index >= 15 is 0 Å². The van der Waals surface area contributed by atoms with Crippen molar-refractivity contribution >= 4 is 10.0 Å². The van der Waals surface area contributed by atoms with E-state index in [9.17, 15) is 8.42 Å². The van der Waals surface area contributed by atoms with Crippen molar-refractivity contribution in [3.05, 3.63) is 24.3 Å². The predicted molar refractivity (Wildman–Crippen MR) is 69.2 cm³/mol. The molecule has 0 radical (unpaired) electrons. The van der Waals surface area contributed by atoms with E-state index in [4.69, 9.17) is 4.74 Å². The molecule has 1 aliphatic rings. The Morgan fingerprint density at radius 3 is 2.50 bits per heavy atom. The molecule has 2 N–H and O–H groups in total. The van der Waals surface area contributed by atoms with Gasteiger partial charge in [0, 0.05) is 12.1 Å². The van der Waals surface area contributed by atoms with Crippen LogP contribution in [-0.4, -0.2) is 34.2 Å². The van der Waals surface area contributed by atoms with Gasteiger partial charge in [-0.15, -0.1) is 0 Å². The maximum atomic E-state index is 12.2. The average molecular weight is 270 g/mol. The fourth-order valence-corrected chi connectivity index (χ4v) is 3.48. The Morgan fingerprint density at radius 1 is 1.33 bits per heavy atom. The molecule has 2 rings (SSSR count). The smallest absolute Gasteiger partial charge is 0.241 e. The van der Waals surface area contributed by atoms with Crippen LogP contribution in [0.15, 0.2) is 29.2 Å². The lowest BCUT2D eigenvalue weighted by molar-refractivity contribution is 0.414. The highest BCUT2D eigenvalue weighted by atomic mass is 32.2. The predicted octanol–water partition coefficient (Wildman–Crippen LogP) is 0.725. The molecule has 0 spiro atoms. The molecule has 1 unspecified atom stereocenters. The SMILES string of the molecule is COc1ccc(S(=O)(=O)NC2(C)CCNC2)cc1. The Kier molecular flexibility index (Phi) is 3.61. The van der Waals surface area contributed by atoms with E-state index in [1.165, 1.54) is 0 Å². The van der Waals surface area contributed by atoms with Crippen LogP contribution in [0.4, 0.5) is 0 Å². The van der Waals surface area contributed by atoms with Gasteiger partial charge in [-0.1, -0.05) is 0 Å². The second-order valence-corrected chi connectivity index (χ2v) is 6.45. The Morgan fingerprint density at radius 2 is 2.00 bits per heavy atom. The van der Waals surface area contributed by atoms with Crippen molar-refractivity contribution in [2.75, 3.05) is 20.2 Å². The number of hydrogen-bond acceptors (Lipinski definition) is 4. The second-order valence-electron chi connectivity index (χ2n) is 4.77. The summed E-state index contributed by atoms with van der Waals surface area (Å²) < 4.78 is 32.2. The summed E-state index contributed by atoms with van der Waals surface area (Å²) in [7, 11) is -1.92. The fraction of sp³-hybridized carbons (Fsp3) is 0.500. The summed E-state index contributed by atoms with van der Waals surface area (Å²) in [5.41, 5.74) is -0.404. The Balaban J connectivity index is 2.19. The van der Waals surface area contributed by atoms with Gasteiger partial charge in [0.25, 0.3) is 0 Å². The second kappa shape index (κ2) is 4.87. The third-order valence-corrected chi connectivity index (χ3v) is 4.77. The zero-order chi connectivity index (χ0) is 13.2. The van der Waals surface area contributed by atoms with Crippen molar-refractivity contribution in [1.29, 1.82) is 0 Å². The van der Waals surface area contributed by atoms with Crippen LogP contribution in [0, 0.1) is 0 Å². The van der Waals surface area contributed by atoms with Crippen molar-refractivity contribution in [2.24, 2.45) is 0 Å². The summed E-state index contributed by atoms with van der Waals surface area (Å²) in [6, 6.07) is 6.38. The summed E-state index contributed by atoms with van der Waals surface area (Å²) in [6.45, 7) is 3.40. The van der Waals surface area contributed by atoms with Gasteiger partial charge in [-0.3, -0.25) is 0 Å². The maximum absolute atomic E-state index is 12.2. The van der Waals surface area contributed by atoms with Gasteiger partial charge in [-0.25, -0.2) is 13.1 Å². The lowest BCUT2D eigenvalue weighted by Crippen LogP contribution is -2.47. The van der Waals surface area contributed by atoms with Gasteiger partial charge in [-0.2, -0.15) is 0 Å². The van der Waals surface area contributed by atoms with E-state index < -0.39 is 15.6 Å². The number of rotatable bonds is 4. The molecule has 0 aromatic heterocycles. The molecule has 1 heterocycles. The maximum Gasteiger partial charge on any atom is 0.241 e. The molecule has 1 aliphatic heterocycles. The summed E-state index contributed by atoms with van der Waals surface area (Å²) in [5, 5.41) is 3.16. The van der Waals surface area contributed by atoms with Crippen LogP contribution in [0.2, 0.25) is 0 Å². The Hall–Kier alpha value is -1.11. The minimum Gasteiger partial charge on any atom is -0.497 e. The molecule has 6 heteroatoms. The van der Waals surface area contributed by atoms with Gasteiger partial charge in [-0.05, 0) is 44.2 Å². The lowest BCUT2D eigenvalue weighted by Gasteiger charge is -2.24. The number of benzene rings is 1. The summed E-state index contributed by atoms with van der Waals surface area (Å²) in [4.78, 5) is 0.261. The van der Waals surface area contributed by atoms with Crippen LogP contribution in [0.25, 0.3) is 0 Å². The fourth-order valence-electron chi connectivity index (χ4n) is 2.04. The van der Waals surface area contributed by atoms with E-state index in [1.54, 1.807) is 31.4 Å². The van der Waals surface area contributed by atoms with E-state index in [2.05, 4.69) is 10.0 Å². The van der Waals surface area contributed by atoms with Crippen molar-refractivity contribution in [1.82, 2.24) is 10.0 Å². The first-order chi connectivity index (χ1) is 8.45. The molecular formula is C12H18N2O3S. The van der Waals surface area contributed by atoms with Gasteiger partial charge in [0.2, 0.25) is 10.0 Å². The van der Waals surface area contributed by atoms with Crippen LogP contribution in [0.5, 0.6) is 5.75 Å². The number of hydrogen-bond donors (Lipinski definition) is 2. The molecular weight excluding hydrogens is 252 g/mol. The van der Waals surface area contributed by atoms with Crippen LogP contribution in [-0.2, 0) is 10.0 Å². The van der Waals surface area contributed by atoms with Crippen LogP contribution < -0.4 is 14.8 Å². The number of ether oxygens (including phenoxy) is 1. The van der Waals surface area contributed by atoms with E-state index in [0.717, 1.165) is 13.0 Å². The van der Waals surface area contributed by atoms with Gasteiger partial charge >= 0.3 is 0 Å². The van der Waals surface area contributed by atoms with Crippen molar-refractivity contribution in [2.45, 2.75) is 23.8 Å². The standard InChI is InChI=1S/C12H18N2O3S/c1-12(7-8-13-9-12)14-18(15,16)11-5-3-10(17-2)4-6-11/h3-6,13-14H,7-9H2,1-2H3. The van der Waals surface area contributed by atoms with E-state index in [1.807, 2.05) is 6.92 Å². The van der Waals surface area contributed by atoms with Crippen LogP contribution >= 0.6 is 0 Å². The summed E-state index contributed by atoms with van der Waals surface area (Å²) >= 11 is 0. The molecule has 0 bridgehead atoms. The Labute approximate surface area is 108 Å². The quantitative estimate of drug-likeness (QED) is 0.846. The molecule has 100 valence electrons. The molecule has 5 nitrogen and oxygen atoms in total. The number of methoxy groups -OCH3 is 1. The molecule has 1 saturated heterocycles. The van der Waals surface area contributed by atoms with Gasteiger partial charge in [0.15, 0.2) is 0 Å². The molecule has 1 aromatic rings. The molecule has 18 heavy (non-hydrogen) atoms. The van der Waals surface area contributed by atoms with E-state index in [-0.39, 0.29) is 4.90 Å². The van der Waals surface area contributed by atoms with Gasteiger partial charge in [0.1, 0.15) is 5.75 Å². The first-order valence-electron chi connectivity index (χ1n) is 5.84. The third-order valence-electron chi connectivity index (χ3n) is 3.12. The van der Waals surface area contributed by atoms with Crippen molar-refractivity contribution in [3.8, 4) is 5.75 Å². The van der Waals surface area contributed by atoms with E-state index in [0.29, 0.717) is 12.3 Å². The zero-order valence-corrected chi connectivity index (χ0v) is 11.4. The molecule has 1 aromatic carbocycles. The molecule has 1 atom stereocenters. The molecule has 1 fully saturated rings. The minimum atomic E-state index is -3.47. The minimum absolute atomic E-state index is 0.261. The van der Waals surface area contributed by atoms with Gasteiger partial charge < -0.3 is 10.1 Å². The molecule has 0 amide bonds. The molecule has 0 saturated carbocycles. The highest BCUT2D eigenvalue weighted by Gasteiger charge is 2.33. The Bertz CT molecular complexity index is 505. The summed E-state index contributed by atoms with van der Waals surface area (Å²) in [5.74, 6) is 0.641. The highest BCUT2D eigenvalue weighted by Crippen LogP contribution is 2.20.